The lowest BCUT2D eigenvalue weighted by Crippen LogP contribution is -2.36. The topological polar surface area (TPSA) is 118 Å². The summed E-state index contributed by atoms with van der Waals surface area (Å²) in [6, 6.07) is 0.234. The second-order valence-corrected chi connectivity index (χ2v) is 9.11. The zero-order chi connectivity index (χ0) is 14.8. The summed E-state index contributed by atoms with van der Waals surface area (Å²) in [6.45, 7) is 1.42. The van der Waals surface area contributed by atoms with Crippen LogP contribution >= 0.6 is 11.3 Å². The van der Waals surface area contributed by atoms with Gasteiger partial charge < -0.3 is 5.11 Å². The van der Waals surface area contributed by atoms with Gasteiger partial charge in [0.05, 0.1) is 11.3 Å². The lowest BCUT2D eigenvalue weighted by atomic mass is 10.4. The molecule has 0 spiro atoms. The molecule has 7 nitrogen and oxygen atoms in total. The molecule has 0 amide bonds. The maximum absolute atomic E-state index is 11.9. The molecule has 0 aliphatic heterocycles. The van der Waals surface area contributed by atoms with E-state index in [1.807, 2.05) is 0 Å². The number of carboxylic acid groups (broad SMARTS) is 1. The van der Waals surface area contributed by atoms with Gasteiger partial charge in [-0.3, -0.25) is 0 Å². The number of thiophene rings is 1. The maximum Gasteiger partial charge on any atom is 0.336 e. The Balaban J connectivity index is 2.89. The van der Waals surface area contributed by atoms with Gasteiger partial charge in [0.15, 0.2) is 0 Å². The number of sulfonamides is 1. The van der Waals surface area contributed by atoms with Crippen LogP contribution in [-0.2, 0) is 19.9 Å². The van der Waals surface area contributed by atoms with Crippen molar-refractivity contribution in [2.24, 2.45) is 0 Å². The molecule has 1 unspecified atom stereocenters. The van der Waals surface area contributed by atoms with Gasteiger partial charge in [-0.1, -0.05) is 0 Å². The van der Waals surface area contributed by atoms with Crippen molar-refractivity contribution in [3.63, 3.8) is 0 Å². The molecular weight excluding hydrogens is 314 g/mol. The maximum atomic E-state index is 11.9. The summed E-state index contributed by atoms with van der Waals surface area (Å²) in [5.41, 5.74) is -0.124. The van der Waals surface area contributed by atoms with Gasteiger partial charge in [-0.25, -0.2) is 26.4 Å². The highest BCUT2D eigenvalue weighted by molar-refractivity contribution is 7.92. The second-order valence-electron chi connectivity index (χ2n) is 4.07. The van der Waals surface area contributed by atoms with Gasteiger partial charge in [0.25, 0.3) is 0 Å². The summed E-state index contributed by atoms with van der Waals surface area (Å²) in [5, 5.41) is 9.92. The Labute approximate surface area is 115 Å². The average molecular weight is 327 g/mol. The smallest absolute Gasteiger partial charge is 0.336 e. The van der Waals surface area contributed by atoms with Gasteiger partial charge in [0, 0.05) is 17.7 Å². The van der Waals surface area contributed by atoms with E-state index in [0.29, 0.717) is 0 Å². The number of carbonyl (C=O) groups is 1. The molecule has 0 aromatic carbocycles. The van der Waals surface area contributed by atoms with E-state index in [1.54, 1.807) is 0 Å². The Morgan fingerprint density at radius 1 is 1.42 bits per heavy atom. The van der Waals surface area contributed by atoms with Crippen LogP contribution in [0, 0.1) is 0 Å². The summed E-state index contributed by atoms with van der Waals surface area (Å²) in [7, 11) is -7.21. The molecular formula is C9H13NO6S3. The van der Waals surface area contributed by atoms with Crippen molar-refractivity contribution < 1.29 is 26.7 Å². The number of nitrogens with one attached hydrogen (secondary N) is 1. The fraction of sp³-hybridized carbons (Fsp3) is 0.444. The predicted octanol–water partition coefficient (Wildman–Crippen LogP) is 0.158. The van der Waals surface area contributed by atoms with Crippen molar-refractivity contribution in [2.45, 2.75) is 17.2 Å². The van der Waals surface area contributed by atoms with Crippen LogP contribution in [0.15, 0.2) is 15.7 Å². The fourth-order valence-corrected chi connectivity index (χ4v) is 4.89. The lowest BCUT2D eigenvalue weighted by molar-refractivity contribution is 0.0697. The molecule has 0 saturated heterocycles. The molecule has 0 bridgehead atoms. The van der Waals surface area contributed by atoms with Crippen molar-refractivity contribution in [1.82, 2.24) is 4.72 Å². The van der Waals surface area contributed by atoms with Crippen molar-refractivity contribution in [1.29, 1.82) is 0 Å². The van der Waals surface area contributed by atoms with Crippen molar-refractivity contribution in [3.8, 4) is 0 Å². The van der Waals surface area contributed by atoms with Crippen LogP contribution in [0.25, 0.3) is 0 Å². The molecule has 0 fully saturated rings. The van der Waals surface area contributed by atoms with Gasteiger partial charge in [0.2, 0.25) is 10.0 Å². The van der Waals surface area contributed by atoms with Gasteiger partial charge in [-0.2, -0.15) is 0 Å². The number of rotatable bonds is 6. The standard InChI is InChI=1S/C9H13NO6S3/c1-6(5-18(2,13)14)10-19(15,16)8-3-7(4-17-8)9(11)12/h3-4,6,10H,5H2,1-2H3,(H,11,12). The zero-order valence-electron chi connectivity index (χ0n) is 10.2. The quantitative estimate of drug-likeness (QED) is 0.768. The Morgan fingerprint density at radius 3 is 2.42 bits per heavy atom. The van der Waals surface area contributed by atoms with Crippen LogP contribution in [0.4, 0.5) is 0 Å². The molecule has 2 N–H and O–H groups in total. The molecule has 0 aliphatic rings. The van der Waals surface area contributed by atoms with Crippen molar-refractivity contribution in [3.05, 3.63) is 17.0 Å². The molecule has 108 valence electrons. The SMILES string of the molecule is CC(CS(C)(=O)=O)NS(=O)(=O)c1cc(C(=O)O)cs1. The summed E-state index contributed by atoms with van der Waals surface area (Å²) in [4.78, 5) is 10.7. The summed E-state index contributed by atoms with van der Waals surface area (Å²) < 4.78 is 47.9. The minimum atomic E-state index is -3.90. The van der Waals surface area contributed by atoms with Gasteiger partial charge >= 0.3 is 5.97 Å². The first-order valence-corrected chi connectivity index (χ1v) is 9.45. The summed E-state index contributed by atoms with van der Waals surface area (Å²) >= 11 is 0.764. The molecule has 1 aromatic heterocycles. The second kappa shape index (κ2) is 5.57. The number of carboxylic acids is 1. The summed E-state index contributed by atoms with van der Waals surface area (Å²) in [5.74, 6) is -1.55. The van der Waals surface area contributed by atoms with Crippen molar-refractivity contribution >= 4 is 37.2 Å². The molecule has 19 heavy (non-hydrogen) atoms. The van der Waals surface area contributed by atoms with E-state index in [9.17, 15) is 21.6 Å². The number of sulfone groups is 1. The molecule has 0 radical (unpaired) electrons. The number of hydrogen-bond acceptors (Lipinski definition) is 6. The Kier molecular flexibility index (Phi) is 4.72. The highest BCUT2D eigenvalue weighted by atomic mass is 32.2. The van der Waals surface area contributed by atoms with E-state index in [1.165, 1.54) is 12.3 Å². The van der Waals surface area contributed by atoms with Crippen molar-refractivity contribution in [2.75, 3.05) is 12.0 Å². The largest absolute Gasteiger partial charge is 0.478 e. The first-order valence-electron chi connectivity index (χ1n) is 5.03. The van der Waals surface area contributed by atoms with E-state index in [2.05, 4.69) is 4.72 Å². The number of hydrogen-bond donors (Lipinski definition) is 2. The molecule has 1 rings (SSSR count). The normalized spacial score (nSPS) is 14.2. The molecule has 10 heteroatoms. The minimum Gasteiger partial charge on any atom is -0.478 e. The fourth-order valence-electron chi connectivity index (χ4n) is 1.38. The summed E-state index contributed by atoms with van der Waals surface area (Å²) in [6.07, 6.45) is 1.01. The predicted molar refractivity (Wildman–Crippen MR) is 70.8 cm³/mol. The molecule has 0 saturated carbocycles. The van der Waals surface area contributed by atoms with E-state index >= 15 is 0 Å². The first-order chi connectivity index (χ1) is 8.51. The number of aromatic carboxylic acids is 1. The van der Waals surface area contributed by atoms with Gasteiger partial charge in [0.1, 0.15) is 14.0 Å². The van der Waals surface area contributed by atoms with Crippen LogP contribution in [0.5, 0.6) is 0 Å². The Hall–Kier alpha value is -0.970. The van der Waals surface area contributed by atoms with E-state index in [-0.39, 0.29) is 15.5 Å². The van der Waals surface area contributed by atoms with Gasteiger partial charge in [-0.15, -0.1) is 11.3 Å². The molecule has 0 aliphatic carbocycles. The zero-order valence-corrected chi connectivity index (χ0v) is 12.6. The van der Waals surface area contributed by atoms with Crippen LogP contribution in [0.3, 0.4) is 0 Å². The highest BCUT2D eigenvalue weighted by Gasteiger charge is 2.22. The molecule has 1 heterocycles. The van der Waals surface area contributed by atoms with E-state index in [4.69, 9.17) is 5.11 Å². The Morgan fingerprint density at radius 2 is 2.00 bits per heavy atom. The van der Waals surface area contributed by atoms with Crippen LogP contribution < -0.4 is 4.72 Å². The lowest BCUT2D eigenvalue weighted by Gasteiger charge is -2.11. The first kappa shape index (κ1) is 16.1. The van der Waals surface area contributed by atoms with Crippen LogP contribution in [0.2, 0.25) is 0 Å². The third-order valence-electron chi connectivity index (χ3n) is 2.00. The average Bonchev–Trinajstić information content (AvgIpc) is 2.61. The Bertz CT molecular complexity index is 673. The van der Waals surface area contributed by atoms with E-state index < -0.39 is 31.9 Å². The third kappa shape index (κ3) is 4.90. The van der Waals surface area contributed by atoms with Crippen LogP contribution in [-0.4, -0.2) is 46.0 Å². The third-order valence-corrected chi connectivity index (χ3v) is 6.13. The molecule has 1 aromatic rings. The minimum absolute atomic E-state index is 0.124. The van der Waals surface area contributed by atoms with E-state index in [0.717, 1.165) is 23.7 Å². The van der Waals surface area contributed by atoms with Gasteiger partial charge in [-0.05, 0) is 13.0 Å². The van der Waals surface area contributed by atoms with Crippen LogP contribution in [0.1, 0.15) is 17.3 Å². The highest BCUT2D eigenvalue weighted by Crippen LogP contribution is 2.20. The molecule has 1 atom stereocenters. The monoisotopic (exact) mass is 327 g/mol.